The van der Waals surface area contributed by atoms with E-state index >= 15 is 0 Å². The van der Waals surface area contributed by atoms with Crippen molar-refractivity contribution in [2.24, 2.45) is 0 Å². The molecule has 0 saturated heterocycles. The van der Waals surface area contributed by atoms with Crippen molar-refractivity contribution in [3.8, 4) is 0 Å². The zero-order valence-corrected chi connectivity index (χ0v) is 11.5. The average molecular weight is 302 g/mol. The Labute approximate surface area is 119 Å². The van der Waals surface area contributed by atoms with Gasteiger partial charge < -0.3 is 10.1 Å². The van der Waals surface area contributed by atoms with Crippen LogP contribution in [0.1, 0.15) is 5.69 Å². The lowest BCUT2D eigenvalue weighted by Crippen LogP contribution is -2.02. The van der Waals surface area contributed by atoms with Gasteiger partial charge in [-0.1, -0.05) is 23.2 Å². The molecule has 4 nitrogen and oxygen atoms in total. The first-order valence-corrected chi connectivity index (χ1v) is 6.08. The summed E-state index contributed by atoms with van der Waals surface area (Å²) < 4.78 is 18.1. The molecule has 0 aliphatic carbocycles. The van der Waals surface area contributed by atoms with Gasteiger partial charge in [-0.3, -0.25) is 0 Å². The van der Waals surface area contributed by atoms with Gasteiger partial charge in [0.05, 0.1) is 23.0 Å². The fourth-order valence-electron chi connectivity index (χ4n) is 1.46. The molecular weight excluding hydrogens is 292 g/mol. The van der Waals surface area contributed by atoms with Crippen molar-refractivity contribution in [3.63, 3.8) is 0 Å². The average Bonchev–Trinajstić information content (AvgIpc) is 2.33. The Morgan fingerprint density at radius 3 is 2.79 bits per heavy atom. The normalized spacial score (nSPS) is 10.5. The van der Waals surface area contributed by atoms with Gasteiger partial charge in [0.1, 0.15) is 11.0 Å². The molecule has 0 saturated carbocycles. The second kappa shape index (κ2) is 6.14. The number of ether oxygens (including phenoxy) is 1. The van der Waals surface area contributed by atoms with Crippen LogP contribution in [0.4, 0.5) is 16.0 Å². The van der Waals surface area contributed by atoms with Gasteiger partial charge >= 0.3 is 0 Å². The Balaban J connectivity index is 2.29. The highest BCUT2D eigenvalue weighted by molar-refractivity contribution is 6.33. The van der Waals surface area contributed by atoms with Crippen LogP contribution in [-0.4, -0.2) is 17.1 Å². The molecule has 100 valence electrons. The fraction of sp³-hybridized carbons (Fsp3) is 0.167. The van der Waals surface area contributed by atoms with Crippen molar-refractivity contribution in [1.29, 1.82) is 0 Å². The summed E-state index contributed by atoms with van der Waals surface area (Å²) in [7, 11) is 1.55. The van der Waals surface area contributed by atoms with E-state index in [1.54, 1.807) is 13.2 Å². The van der Waals surface area contributed by atoms with E-state index in [0.717, 1.165) is 0 Å². The first-order valence-electron chi connectivity index (χ1n) is 5.33. The number of nitrogens with zero attached hydrogens (tertiary/aromatic N) is 2. The first kappa shape index (κ1) is 14.0. The Morgan fingerprint density at radius 1 is 1.26 bits per heavy atom. The molecule has 0 unspecified atom stereocenters. The van der Waals surface area contributed by atoms with Gasteiger partial charge in [-0.2, -0.15) is 0 Å². The summed E-state index contributed by atoms with van der Waals surface area (Å²) in [5.74, 6) is -0.182. The number of methoxy groups -OCH3 is 1. The second-order valence-electron chi connectivity index (χ2n) is 3.69. The summed E-state index contributed by atoms with van der Waals surface area (Å²) in [6.45, 7) is 0.299. The van der Waals surface area contributed by atoms with Gasteiger partial charge in [-0.25, -0.2) is 14.4 Å². The summed E-state index contributed by atoms with van der Waals surface area (Å²) in [6.07, 6.45) is 0. The van der Waals surface area contributed by atoms with Crippen molar-refractivity contribution < 1.29 is 9.13 Å². The lowest BCUT2D eigenvalue weighted by Gasteiger charge is -2.08. The van der Waals surface area contributed by atoms with Crippen LogP contribution in [-0.2, 0) is 11.3 Å². The molecule has 0 aliphatic heterocycles. The van der Waals surface area contributed by atoms with E-state index in [1.807, 2.05) is 0 Å². The number of aromatic nitrogens is 2. The number of rotatable bonds is 4. The molecule has 1 N–H and O–H groups in total. The fourth-order valence-corrected chi connectivity index (χ4v) is 1.83. The molecule has 0 amide bonds. The van der Waals surface area contributed by atoms with E-state index in [2.05, 4.69) is 15.3 Å². The number of hydrogen-bond donors (Lipinski definition) is 1. The summed E-state index contributed by atoms with van der Waals surface area (Å²) in [6, 6.07) is 5.55. The van der Waals surface area contributed by atoms with Crippen LogP contribution in [0.25, 0.3) is 0 Å². The van der Waals surface area contributed by atoms with Crippen molar-refractivity contribution >= 4 is 34.8 Å². The third-order valence-corrected chi connectivity index (χ3v) is 2.74. The molecule has 0 radical (unpaired) electrons. The number of halogens is 3. The Hall–Kier alpha value is -1.43. The molecule has 1 aromatic carbocycles. The molecule has 7 heteroatoms. The third-order valence-electron chi connectivity index (χ3n) is 2.22. The largest absolute Gasteiger partial charge is 0.378 e. The molecule has 0 aliphatic rings. The highest BCUT2D eigenvalue weighted by Gasteiger charge is 2.07. The lowest BCUT2D eigenvalue weighted by atomic mass is 10.3. The second-order valence-corrected chi connectivity index (χ2v) is 4.48. The molecule has 2 aromatic rings. The van der Waals surface area contributed by atoms with Crippen LogP contribution in [0, 0.1) is 5.82 Å². The maximum Gasteiger partial charge on any atom is 0.228 e. The Bertz CT molecular complexity index is 595. The van der Waals surface area contributed by atoms with E-state index in [1.165, 1.54) is 18.2 Å². The van der Waals surface area contributed by atoms with Gasteiger partial charge in [-0.05, 0) is 24.3 Å². The van der Waals surface area contributed by atoms with Crippen molar-refractivity contribution in [1.82, 2.24) is 9.97 Å². The van der Waals surface area contributed by atoms with E-state index in [0.29, 0.717) is 23.0 Å². The van der Waals surface area contributed by atoms with Crippen LogP contribution in [0.3, 0.4) is 0 Å². The zero-order chi connectivity index (χ0) is 13.8. The molecule has 0 bridgehead atoms. The van der Waals surface area contributed by atoms with E-state index in [4.69, 9.17) is 27.9 Å². The monoisotopic (exact) mass is 301 g/mol. The maximum atomic E-state index is 13.1. The van der Waals surface area contributed by atoms with Crippen molar-refractivity contribution in [3.05, 3.63) is 46.0 Å². The lowest BCUT2D eigenvalue weighted by molar-refractivity contribution is 0.181. The van der Waals surface area contributed by atoms with Gasteiger partial charge in [-0.15, -0.1) is 0 Å². The van der Waals surface area contributed by atoms with E-state index < -0.39 is 5.82 Å². The van der Waals surface area contributed by atoms with Crippen LogP contribution < -0.4 is 5.32 Å². The molecule has 2 rings (SSSR count). The SMILES string of the molecule is COCc1cc(Cl)nc(Nc2cc(F)ccc2Cl)n1. The summed E-state index contributed by atoms with van der Waals surface area (Å²) in [5.41, 5.74) is 0.977. The van der Waals surface area contributed by atoms with Crippen LogP contribution in [0.5, 0.6) is 0 Å². The minimum absolute atomic E-state index is 0.229. The van der Waals surface area contributed by atoms with E-state index in [9.17, 15) is 4.39 Å². The topological polar surface area (TPSA) is 47.0 Å². The van der Waals surface area contributed by atoms with Crippen molar-refractivity contribution in [2.45, 2.75) is 6.61 Å². The summed E-state index contributed by atoms with van der Waals surface area (Å²) >= 11 is 11.8. The predicted octanol–water partition coefficient (Wildman–Crippen LogP) is 3.81. The highest BCUT2D eigenvalue weighted by atomic mass is 35.5. The molecule has 0 fully saturated rings. The highest BCUT2D eigenvalue weighted by Crippen LogP contribution is 2.25. The zero-order valence-electron chi connectivity index (χ0n) is 9.95. The molecule has 1 heterocycles. The summed E-state index contributed by atoms with van der Waals surface area (Å²) in [4.78, 5) is 8.17. The molecule has 19 heavy (non-hydrogen) atoms. The van der Waals surface area contributed by atoms with Crippen molar-refractivity contribution in [2.75, 3.05) is 12.4 Å². The van der Waals surface area contributed by atoms with Gasteiger partial charge in [0.15, 0.2) is 0 Å². The number of anilines is 2. The smallest absolute Gasteiger partial charge is 0.228 e. The quantitative estimate of drug-likeness (QED) is 0.872. The minimum Gasteiger partial charge on any atom is -0.378 e. The number of nitrogens with one attached hydrogen (secondary N) is 1. The van der Waals surface area contributed by atoms with Crippen LogP contribution in [0.2, 0.25) is 10.2 Å². The van der Waals surface area contributed by atoms with Crippen LogP contribution in [0.15, 0.2) is 24.3 Å². The minimum atomic E-state index is -0.411. The molecular formula is C12H10Cl2FN3O. The standard InChI is InChI=1S/C12H10Cl2FN3O/c1-19-6-8-5-11(14)18-12(16-8)17-10-4-7(15)2-3-9(10)13/h2-5H,6H2,1H3,(H,16,17,18). The van der Waals surface area contributed by atoms with E-state index in [-0.39, 0.29) is 11.1 Å². The molecule has 1 aromatic heterocycles. The third kappa shape index (κ3) is 3.76. The predicted molar refractivity (Wildman–Crippen MR) is 72.4 cm³/mol. The molecule has 0 atom stereocenters. The Morgan fingerprint density at radius 2 is 2.05 bits per heavy atom. The number of hydrogen-bond acceptors (Lipinski definition) is 4. The van der Waals surface area contributed by atoms with Gasteiger partial charge in [0, 0.05) is 7.11 Å². The van der Waals surface area contributed by atoms with Gasteiger partial charge in [0.25, 0.3) is 0 Å². The number of benzene rings is 1. The molecule has 0 spiro atoms. The first-order chi connectivity index (χ1) is 9.08. The summed E-state index contributed by atoms with van der Waals surface area (Å²) in [5, 5.41) is 3.44. The van der Waals surface area contributed by atoms with Gasteiger partial charge in [0.2, 0.25) is 5.95 Å². The van der Waals surface area contributed by atoms with Crippen LogP contribution >= 0.6 is 23.2 Å². The Kier molecular flexibility index (Phi) is 4.52. The maximum absolute atomic E-state index is 13.1.